The molecular formula is C4H7O4P. The van der Waals surface area contributed by atoms with Gasteiger partial charge in [0.1, 0.15) is 0 Å². The van der Waals surface area contributed by atoms with Gasteiger partial charge in [-0.2, -0.15) is 0 Å². The van der Waals surface area contributed by atoms with Crippen molar-refractivity contribution in [1.29, 1.82) is 0 Å². The number of rotatable bonds is 1. The smallest absolute Gasteiger partial charge is 0.302 e. The molecule has 1 heterocycles. The van der Waals surface area contributed by atoms with Crippen LogP contribution in [0.2, 0.25) is 0 Å². The van der Waals surface area contributed by atoms with E-state index >= 15 is 0 Å². The van der Waals surface area contributed by atoms with E-state index in [-0.39, 0.29) is 13.0 Å². The number of hydrogen-bond acceptors (Lipinski definition) is 3. The molecule has 0 aromatic heterocycles. The topological polar surface area (TPSA) is 55.8 Å². The monoisotopic (exact) mass is 150 g/mol. The fourth-order valence-electron chi connectivity index (χ4n) is 0.538. The lowest BCUT2D eigenvalue weighted by Crippen LogP contribution is -2.05. The fraction of sp³-hybridized carbons (Fsp3) is 0.750. The molecule has 4 nitrogen and oxygen atoms in total. The summed E-state index contributed by atoms with van der Waals surface area (Å²) in [7, 11) is -3.70. The van der Waals surface area contributed by atoms with Crippen LogP contribution in [0.1, 0.15) is 6.42 Å². The summed E-state index contributed by atoms with van der Waals surface area (Å²) in [5.74, 6) is 0. The largest absolute Gasteiger partial charge is 0.472 e. The van der Waals surface area contributed by atoms with Gasteiger partial charge in [0.25, 0.3) is 0 Å². The van der Waals surface area contributed by atoms with Crippen molar-refractivity contribution < 1.29 is 18.5 Å². The molecule has 0 aliphatic carbocycles. The zero-order chi connectivity index (χ0) is 6.91. The van der Waals surface area contributed by atoms with Crippen LogP contribution in [0.25, 0.3) is 0 Å². The average Bonchev–Trinajstić information content (AvgIpc) is 2.10. The normalized spacial score (nSPS) is 43.6. The van der Waals surface area contributed by atoms with Crippen LogP contribution in [0.5, 0.6) is 0 Å². The summed E-state index contributed by atoms with van der Waals surface area (Å²) in [6.45, 7) is 5.23. The summed E-state index contributed by atoms with van der Waals surface area (Å²) in [6, 6.07) is 0. The van der Waals surface area contributed by atoms with Crippen LogP contribution < -0.4 is 0 Å². The molecule has 1 N–H and O–H groups in total. The lowest BCUT2D eigenvalue weighted by atomic mass is 10.3. The summed E-state index contributed by atoms with van der Waals surface area (Å²) in [5, 5.41) is 0. The molecule has 2 atom stereocenters. The van der Waals surface area contributed by atoms with Crippen LogP contribution in [-0.2, 0) is 13.6 Å². The van der Waals surface area contributed by atoms with Crippen molar-refractivity contribution in [2.75, 3.05) is 6.61 Å². The van der Waals surface area contributed by atoms with E-state index < -0.39 is 13.9 Å². The Bertz CT molecular complexity index is 146. The second-order valence-electron chi connectivity index (χ2n) is 1.73. The maximum absolute atomic E-state index is 10.4. The highest BCUT2D eigenvalue weighted by atomic mass is 31.2. The van der Waals surface area contributed by atoms with Crippen molar-refractivity contribution in [3.05, 3.63) is 6.92 Å². The summed E-state index contributed by atoms with van der Waals surface area (Å²) in [6.07, 6.45) is -0.203. The van der Waals surface area contributed by atoms with Crippen LogP contribution in [0, 0.1) is 6.92 Å². The van der Waals surface area contributed by atoms with Crippen LogP contribution in [0.4, 0.5) is 0 Å². The Morgan fingerprint density at radius 1 is 1.89 bits per heavy atom. The Balaban J connectivity index is 2.47. The molecule has 0 aromatic carbocycles. The van der Waals surface area contributed by atoms with Gasteiger partial charge in [-0.25, -0.2) is 4.57 Å². The number of hydrogen-bond donors (Lipinski definition) is 1. The molecule has 2 unspecified atom stereocenters. The second kappa shape index (κ2) is 2.39. The van der Waals surface area contributed by atoms with Crippen LogP contribution in [-0.4, -0.2) is 17.6 Å². The lowest BCUT2D eigenvalue weighted by Gasteiger charge is -2.00. The van der Waals surface area contributed by atoms with Gasteiger partial charge in [0.15, 0.2) is 0 Å². The van der Waals surface area contributed by atoms with Crippen LogP contribution in [0.3, 0.4) is 0 Å². The number of phosphoric acid groups is 1. The van der Waals surface area contributed by atoms with Crippen molar-refractivity contribution >= 4 is 7.82 Å². The lowest BCUT2D eigenvalue weighted by molar-refractivity contribution is 0.216. The highest BCUT2D eigenvalue weighted by molar-refractivity contribution is 7.47. The molecule has 1 aliphatic rings. The minimum Gasteiger partial charge on any atom is -0.302 e. The van der Waals surface area contributed by atoms with E-state index in [1.165, 1.54) is 0 Å². The van der Waals surface area contributed by atoms with Gasteiger partial charge < -0.3 is 4.89 Å². The van der Waals surface area contributed by atoms with E-state index in [4.69, 9.17) is 11.8 Å². The van der Waals surface area contributed by atoms with Gasteiger partial charge in [-0.05, 0) is 13.3 Å². The van der Waals surface area contributed by atoms with Crippen molar-refractivity contribution in [3.63, 3.8) is 0 Å². The van der Waals surface area contributed by atoms with E-state index in [2.05, 4.69) is 9.05 Å². The highest BCUT2D eigenvalue weighted by Gasteiger charge is 2.33. The highest BCUT2D eigenvalue weighted by Crippen LogP contribution is 2.49. The SMILES string of the molecule is [CH]CC1COP(=O)(O)O1. The quantitative estimate of drug-likeness (QED) is 0.556. The first-order valence-electron chi connectivity index (χ1n) is 2.50. The Kier molecular flexibility index (Phi) is 1.91. The third-order valence-corrected chi connectivity index (χ3v) is 2.01. The first-order valence-corrected chi connectivity index (χ1v) is 3.99. The predicted molar refractivity (Wildman–Crippen MR) is 29.6 cm³/mol. The molecule has 1 saturated heterocycles. The molecule has 1 fully saturated rings. The zero-order valence-electron chi connectivity index (χ0n) is 4.69. The van der Waals surface area contributed by atoms with Gasteiger partial charge in [0.2, 0.25) is 0 Å². The maximum Gasteiger partial charge on any atom is 0.472 e. The average molecular weight is 150 g/mol. The predicted octanol–water partition coefficient (Wildman–Crippen LogP) is 0.603. The first kappa shape index (κ1) is 7.22. The molecule has 52 valence electrons. The van der Waals surface area contributed by atoms with E-state index in [1.807, 2.05) is 0 Å². The van der Waals surface area contributed by atoms with E-state index in [0.29, 0.717) is 0 Å². The molecule has 1 rings (SSSR count). The second-order valence-corrected chi connectivity index (χ2v) is 3.13. The molecule has 5 heteroatoms. The molecule has 2 radical (unpaired) electrons. The Labute approximate surface area is 53.4 Å². The van der Waals surface area contributed by atoms with Gasteiger partial charge in [-0.15, -0.1) is 0 Å². The summed E-state index contributed by atoms with van der Waals surface area (Å²) < 4.78 is 19.3. The van der Waals surface area contributed by atoms with E-state index in [1.54, 1.807) is 0 Å². The van der Waals surface area contributed by atoms with Gasteiger partial charge in [-0.1, -0.05) is 0 Å². The van der Waals surface area contributed by atoms with Crippen molar-refractivity contribution in [2.45, 2.75) is 12.5 Å². The number of phosphoric ester groups is 1. The molecule has 0 amide bonds. The van der Waals surface area contributed by atoms with Gasteiger partial charge in [-0.3, -0.25) is 9.05 Å². The van der Waals surface area contributed by atoms with Gasteiger partial charge in [0, 0.05) is 0 Å². The molecule has 0 aromatic rings. The molecular weight excluding hydrogens is 143 g/mol. The Morgan fingerprint density at radius 2 is 2.56 bits per heavy atom. The third-order valence-electron chi connectivity index (χ3n) is 0.969. The van der Waals surface area contributed by atoms with E-state index in [9.17, 15) is 4.57 Å². The van der Waals surface area contributed by atoms with Crippen molar-refractivity contribution in [2.24, 2.45) is 0 Å². The molecule has 0 saturated carbocycles. The van der Waals surface area contributed by atoms with Crippen LogP contribution in [0.15, 0.2) is 0 Å². The van der Waals surface area contributed by atoms with Crippen LogP contribution >= 0.6 is 7.82 Å². The summed E-state index contributed by atoms with van der Waals surface area (Å²) in [5.41, 5.74) is 0. The van der Waals surface area contributed by atoms with Crippen molar-refractivity contribution in [3.8, 4) is 0 Å². The Hall–Kier alpha value is 0.110. The summed E-state index contributed by atoms with van der Waals surface area (Å²) in [4.78, 5) is 8.55. The summed E-state index contributed by atoms with van der Waals surface area (Å²) >= 11 is 0. The van der Waals surface area contributed by atoms with Gasteiger partial charge >= 0.3 is 7.82 Å². The molecule has 1 aliphatic heterocycles. The molecule has 9 heavy (non-hydrogen) atoms. The Morgan fingerprint density at radius 3 is 2.78 bits per heavy atom. The fourth-order valence-corrected chi connectivity index (χ4v) is 1.48. The van der Waals surface area contributed by atoms with E-state index in [0.717, 1.165) is 0 Å². The maximum atomic E-state index is 10.4. The zero-order valence-corrected chi connectivity index (χ0v) is 5.58. The minimum atomic E-state index is -3.70. The van der Waals surface area contributed by atoms with Gasteiger partial charge in [0.05, 0.1) is 12.7 Å². The standard InChI is InChI=1S/C4H7O4P/c1-2-4-3-7-9(5,6)8-4/h1,4H,2-3H2,(H,5,6). The molecule has 0 spiro atoms. The molecule has 0 bridgehead atoms. The first-order chi connectivity index (χ1) is 4.14. The van der Waals surface area contributed by atoms with Crippen molar-refractivity contribution in [1.82, 2.24) is 0 Å². The third kappa shape index (κ3) is 1.76. The minimum absolute atomic E-state index is 0.115.